The third kappa shape index (κ3) is 6.48. The molecule has 0 saturated carbocycles. The summed E-state index contributed by atoms with van der Waals surface area (Å²) in [5.74, 6) is -0.283. The van der Waals surface area contributed by atoms with Crippen molar-refractivity contribution in [2.75, 3.05) is 19.8 Å². The molecule has 0 aliphatic carbocycles. The Bertz CT molecular complexity index is 816. The Morgan fingerprint density at radius 1 is 1.17 bits per heavy atom. The zero-order chi connectivity index (χ0) is 20.6. The van der Waals surface area contributed by atoms with E-state index in [4.69, 9.17) is 25.8 Å². The van der Waals surface area contributed by atoms with E-state index in [0.29, 0.717) is 22.9 Å². The minimum atomic E-state index is -0.565. The second kappa shape index (κ2) is 10.3. The van der Waals surface area contributed by atoms with E-state index in [1.807, 2.05) is 19.1 Å². The molecule has 1 aliphatic heterocycles. The SMILES string of the molecule is C[C@H](NC(=O)COC(=O)c1ccc(OC[C@H]2CCCO2)cc1)c1ccc(Cl)cc1. The maximum absolute atomic E-state index is 12.1. The van der Waals surface area contributed by atoms with Gasteiger partial charge in [-0.3, -0.25) is 4.79 Å². The van der Waals surface area contributed by atoms with Crippen LogP contribution in [0.25, 0.3) is 0 Å². The van der Waals surface area contributed by atoms with E-state index in [9.17, 15) is 9.59 Å². The average molecular weight is 418 g/mol. The predicted molar refractivity (Wildman–Crippen MR) is 109 cm³/mol. The van der Waals surface area contributed by atoms with Gasteiger partial charge >= 0.3 is 5.97 Å². The third-order valence-corrected chi connectivity index (χ3v) is 4.88. The molecule has 2 aromatic carbocycles. The van der Waals surface area contributed by atoms with Crippen LogP contribution in [0.5, 0.6) is 5.75 Å². The Kier molecular flexibility index (Phi) is 7.49. The molecule has 1 aliphatic rings. The number of halogens is 1. The summed E-state index contributed by atoms with van der Waals surface area (Å²) in [5, 5.41) is 3.41. The van der Waals surface area contributed by atoms with E-state index in [0.717, 1.165) is 25.0 Å². The number of esters is 1. The first-order valence-electron chi connectivity index (χ1n) is 9.57. The number of benzene rings is 2. The lowest BCUT2D eigenvalue weighted by Crippen LogP contribution is -2.31. The Hall–Kier alpha value is -2.57. The predicted octanol–water partition coefficient (Wildman–Crippen LogP) is 3.93. The molecule has 0 spiro atoms. The van der Waals surface area contributed by atoms with Crippen LogP contribution in [-0.4, -0.2) is 37.8 Å². The van der Waals surface area contributed by atoms with Crippen molar-refractivity contribution in [3.63, 3.8) is 0 Å². The van der Waals surface area contributed by atoms with Gasteiger partial charge in [0.15, 0.2) is 6.61 Å². The number of nitrogens with one attached hydrogen (secondary N) is 1. The molecule has 2 atom stereocenters. The zero-order valence-electron chi connectivity index (χ0n) is 16.2. The fourth-order valence-corrected chi connectivity index (χ4v) is 3.11. The van der Waals surface area contributed by atoms with Crippen LogP contribution in [0.4, 0.5) is 0 Å². The molecule has 2 aromatic rings. The number of hydrogen-bond acceptors (Lipinski definition) is 5. The van der Waals surface area contributed by atoms with Crippen molar-refractivity contribution in [1.82, 2.24) is 5.32 Å². The fraction of sp³-hybridized carbons (Fsp3) is 0.364. The molecule has 1 fully saturated rings. The maximum atomic E-state index is 12.1. The van der Waals surface area contributed by atoms with Gasteiger partial charge in [-0.2, -0.15) is 0 Å². The number of ether oxygens (including phenoxy) is 3. The van der Waals surface area contributed by atoms with E-state index in [-0.39, 0.29) is 24.7 Å². The van der Waals surface area contributed by atoms with Crippen molar-refractivity contribution in [3.05, 3.63) is 64.7 Å². The van der Waals surface area contributed by atoms with Gasteiger partial charge in [-0.1, -0.05) is 23.7 Å². The molecule has 0 bridgehead atoms. The normalized spacial score (nSPS) is 16.8. The molecule has 0 radical (unpaired) electrons. The monoisotopic (exact) mass is 417 g/mol. The molecule has 3 rings (SSSR count). The van der Waals surface area contributed by atoms with Crippen molar-refractivity contribution < 1.29 is 23.8 Å². The molecule has 154 valence electrons. The fourth-order valence-electron chi connectivity index (χ4n) is 2.98. The molecule has 0 aromatic heterocycles. The van der Waals surface area contributed by atoms with Crippen molar-refractivity contribution in [2.24, 2.45) is 0 Å². The van der Waals surface area contributed by atoms with Crippen LogP contribution in [0.15, 0.2) is 48.5 Å². The lowest BCUT2D eigenvalue weighted by Gasteiger charge is -2.14. The van der Waals surface area contributed by atoms with Gasteiger partial charge in [-0.05, 0) is 61.7 Å². The van der Waals surface area contributed by atoms with Gasteiger partial charge in [0.05, 0.1) is 17.7 Å². The standard InChI is InChI=1S/C22H24ClNO5/c1-15(16-4-8-18(23)9-5-16)24-21(25)14-29-22(26)17-6-10-19(11-7-17)28-13-20-3-2-12-27-20/h4-11,15,20H,2-3,12-14H2,1H3,(H,24,25)/t15-,20+/m0/s1. The molecule has 7 heteroatoms. The summed E-state index contributed by atoms with van der Waals surface area (Å²) in [5.41, 5.74) is 1.26. The van der Waals surface area contributed by atoms with Crippen LogP contribution in [0.1, 0.15) is 41.7 Å². The number of amides is 1. The molecule has 1 N–H and O–H groups in total. The minimum absolute atomic E-state index is 0.133. The second-order valence-corrected chi connectivity index (χ2v) is 7.32. The highest BCUT2D eigenvalue weighted by molar-refractivity contribution is 6.30. The van der Waals surface area contributed by atoms with E-state index in [1.165, 1.54) is 0 Å². The van der Waals surface area contributed by atoms with Crippen molar-refractivity contribution in [1.29, 1.82) is 0 Å². The molecule has 1 amide bonds. The Labute approximate surface area is 175 Å². The highest BCUT2D eigenvalue weighted by Gasteiger charge is 2.16. The van der Waals surface area contributed by atoms with Gasteiger partial charge in [-0.15, -0.1) is 0 Å². The topological polar surface area (TPSA) is 73.9 Å². The summed E-state index contributed by atoms with van der Waals surface area (Å²) < 4.78 is 16.3. The summed E-state index contributed by atoms with van der Waals surface area (Å²) in [4.78, 5) is 24.2. The average Bonchev–Trinajstić information content (AvgIpc) is 3.25. The molecule has 1 saturated heterocycles. The highest BCUT2D eigenvalue weighted by atomic mass is 35.5. The highest BCUT2D eigenvalue weighted by Crippen LogP contribution is 2.18. The van der Waals surface area contributed by atoms with Crippen molar-refractivity contribution in [2.45, 2.75) is 31.9 Å². The van der Waals surface area contributed by atoms with E-state index in [1.54, 1.807) is 36.4 Å². The summed E-state index contributed by atoms with van der Waals surface area (Å²) in [7, 11) is 0. The number of carbonyl (C=O) groups is 2. The molecule has 6 nitrogen and oxygen atoms in total. The first-order valence-corrected chi connectivity index (χ1v) is 9.95. The van der Waals surface area contributed by atoms with E-state index in [2.05, 4.69) is 5.32 Å². The van der Waals surface area contributed by atoms with Crippen molar-refractivity contribution in [3.8, 4) is 5.75 Å². The van der Waals surface area contributed by atoms with Crippen LogP contribution >= 0.6 is 11.6 Å². The quantitative estimate of drug-likeness (QED) is 0.659. The summed E-state index contributed by atoms with van der Waals surface area (Å²) in [6.07, 6.45) is 2.20. The van der Waals surface area contributed by atoms with Gasteiger partial charge in [0, 0.05) is 11.6 Å². The number of hydrogen-bond donors (Lipinski definition) is 1. The molecule has 1 heterocycles. The van der Waals surface area contributed by atoms with Crippen LogP contribution in [-0.2, 0) is 14.3 Å². The van der Waals surface area contributed by atoms with E-state index >= 15 is 0 Å². The van der Waals surface area contributed by atoms with Gasteiger partial charge in [0.1, 0.15) is 12.4 Å². The van der Waals surface area contributed by atoms with E-state index < -0.39 is 5.97 Å². The summed E-state index contributed by atoms with van der Waals surface area (Å²) in [6.45, 7) is 2.77. The van der Waals surface area contributed by atoms with Crippen molar-refractivity contribution >= 4 is 23.5 Å². The summed E-state index contributed by atoms with van der Waals surface area (Å²) in [6, 6.07) is 13.6. The molecule has 29 heavy (non-hydrogen) atoms. The number of rotatable bonds is 8. The second-order valence-electron chi connectivity index (χ2n) is 6.89. The first-order chi connectivity index (χ1) is 14.0. The Morgan fingerprint density at radius 3 is 2.55 bits per heavy atom. The van der Waals surface area contributed by atoms with Gasteiger partial charge in [0.2, 0.25) is 0 Å². The maximum Gasteiger partial charge on any atom is 0.338 e. The van der Waals surface area contributed by atoms with Crippen LogP contribution in [0, 0.1) is 0 Å². The van der Waals surface area contributed by atoms with Crippen LogP contribution in [0.2, 0.25) is 5.02 Å². The minimum Gasteiger partial charge on any atom is -0.491 e. The Balaban J connectivity index is 1.42. The zero-order valence-corrected chi connectivity index (χ0v) is 17.0. The first kappa shape index (κ1) is 21.1. The van der Waals surface area contributed by atoms with Gasteiger partial charge < -0.3 is 19.5 Å². The smallest absolute Gasteiger partial charge is 0.338 e. The third-order valence-electron chi connectivity index (χ3n) is 4.63. The lowest BCUT2D eigenvalue weighted by atomic mass is 10.1. The number of carbonyl (C=O) groups excluding carboxylic acids is 2. The molecular weight excluding hydrogens is 394 g/mol. The molecule has 0 unspecified atom stereocenters. The van der Waals surface area contributed by atoms with Gasteiger partial charge in [0.25, 0.3) is 5.91 Å². The lowest BCUT2D eigenvalue weighted by molar-refractivity contribution is -0.124. The molecular formula is C22H24ClNO5. The Morgan fingerprint density at radius 2 is 1.90 bits per heavy atom. The summed E-state index contributed by atoms with van der Waals surface area (Å²) >= 11 is 5.86. The van der Waals surface area contributed by atoms with Crippen LogP contribution in [0.3, 0.4) is 0 Å². The largest absolute Gasteiger partial charge is 0.491 e. The van der Waals surface area contributed by atoms with Crippen LogP contribution < -0.4 is 10.1 Å². The van der Waals surface area contributed by atoms with Gasteiger partial charge in [-0.25, -0.2) is 4.79 Å².